The van der Waals surface area contributed by atoms with E-state index in [4.69, 9.17) is 5.73 Å². The standard InChI is InChI=1S/C16H26N6O/c17-8-13-9-22(19-18-13)10-14-7-12-3-6-21(14)11-15(12)16(23)20-4-1-2-5-20/h9,12,14-15H,1-8,10-11,17H2. The maximum atomic E-state index is 12.8. The molecule has 126 valence electrons. The Labute approximate surface area is 136 Å². The van der Waals surface area contributed by atoms with E-state index in [2.05, 4.69) is 20.1 Å². The van der Waals surface area contributed by atoms with Gasteiger partial charge in [-0.2, -0.15) is 0 Å². The van der Waals surface area contributed by atoms with Gasteiger partial charge in [0.05, 0.1) is 18.2 Å². The number of hydrogen-bond donors (Lipinski definition) is 1. The molecular formula is C16H26N6O. The van der Waals surface area contributed by atoms with Crippen molar-refractivity contribution in [2.45, 2.75) is 44.8 Å². The van der Waals surface area contributed by atoms with Crippen molar-refractivity contribution in [3.05, 3.63) is 11.9 Å². The van der Waals surface area contributed by atoms with E-state index >= 15 is 0 Å². The van der Waals surface area contributed by atoms with Crippen LogP contribution in [0.1, 0.15) is 31.4 Å². The molecule has 4 fully saturated rings. The fraction of sp³-hybridized carbons (Fsp3) is 0.812. The fourth-order valence-electron chi connectivity index (χ4n) is 4.52. The Morgan fingerprint density at radius 1 is 1.30 bits per heavy atom. The van der Waals surface area contributed by atoms with E-state index in [9.17, 15) is 4.79 Å². The molecule has 1 aromatic rings. The molecule has 4 unspecified atom stereocenters. The van der Waals surface area contributed by atoms with Crippen molar-refractivity contribution in [2.75, 3.05) is 26.2 Å². The van der Waals surface area contributed by atoms with Crippen LogP contribution in [-0.4, -0.2) is 62.9 Å². The highest BCUT2D eigenvalue weighted by atomic mass is 16.2. The highest BCUT2D eigenvalue weighted by Crippen LogP contribution is 2.38. The molecule has 1 aromatic heterocycles. The zero-order valence-corrected chi connectivity index (χ0v) is 13.6. The van der Waals surface area contributed by atoms with Crippen LogP contribution in [0.2, 0.25) is 0 Å². The molecule has 0 spiro atoms. The number of piperidine rings is 3. The van der Waals surface area contributed by atoms with E-state index in [0.717, 1.165) is 51.3 Å². The molecule has 2 bridgehead atoms. The van der Waals surface area contributed by atoms with E-state index in [1.807, 2.05) is 10.9 Å². The summed E-state index contributed by atoms with van der Waals surface area (Å²) in [6.45, 7) is 5.25. The third kappa shape index (κ3) is 2.87. The molecule has 0 saturated carbocycles. The van der Waals surface area contributed by atoms with Gasteiger partial charge in [0.1, 0.15) is 0 Å². The lowest BCUT2D eigenvalue weighted by Gasteiger charge is -2.49. The number of hydrogen-bond acceptors (Lipinski definition) is 5. The van der Waals surface area contributed by atoms with Crippen molar-refractivity contribution in [3.8, 4) is 0 Å². The molecule has 0 radical (unpaired) electrons. The zero-order chi connectivity index (χ0) is 15.8. The predicted octanol–water partition coefficient (Wildman–Crippen LogP) is 0.0696. The lowest BCUT2D eigenvalue weighted by atomic mass is 9.75. The summed E-state index contributed by atoms with van der Waals surface area (Å²) in [6, 6.07) is 0.476. The molecule has 4 atom stereocenters. The molecule has 4 saturated heterocycles. The second-order valence-corrected chi connectivity index (χ2v) is 7.21. The van der Waals surface area contributed by atoms with Gasteiger partial charge in [-0.05, 0) is 38.1 Å². The third-order valence-electron chi connectivity index (χ3n) is 5.81. The summed E-state index contributed by atoms with van der Waals surface area (Å²) in [5, 5.41) is 8.23. The summed E-state index contributed by atoms with van der Waals surface area (Å²) in [7, 11) is 0. The zero-order valence-electron chi connectivity index (χ0n) is 13.6. The maximum Gasteiger partial charge on any atom is 0.227 e. The number of rotatable bonds is 4. The number of carbonyl (C=O) groups is 1. The SMILES string of the molecule is NCc1cn(CC2CC3CCN2CC3C(=O)N2CCCC2)nn1. The van der Waals surface area contributed by atoms with Crippen molar-refractivity contribution >= 4 is 5.91 Å². The molecular weight excluding hydrogens is 292 g/mol. The number of amides is 1. The van der Waals surface area contributed by atoms with Gasteiger partial charge in [0.15, 0.2) is 0 Å². The van der Waals surface area contributed by atoms with Crippen LogP contribution >= 0.6 is 0 Å². The van der Waals surface area contributed by atoms with Crippen molar-refractivity contribution < 1.29 is 4.79 Å². The number of likely N-dealkylation sites (tertiary alicyclic amines) is 1. The first-order chi connectivity index (χ1) is 11.2. The minimum absolute atomic E-state index is 0.216. The molecule has 7 heteroatoms. The number of nitrogens with two attached hydrogens (primary N) is 1. The molecule has 2 N–H and O–H groups in total. The Bertz CT molecular complexity index is 567. The molecule has 4 aliphatic rings. The monoisotopic (exact) mass is 318 g/mol. The number of nitrogens with zero attached hydrogens (tertiary/aromatic N) is 5. The number of fused-ring (bicyclic) bond motifs is 3. The number of aromatic nitrogens is 3. The summed E-state index contributed by atoms with van der Waals surface area (Å²) < 4.78 is 1.91. The molecule has 0 aliphatic carbocycles. The van der Waals surface area contributed by atoms with Crippen molar-refractivity contribution in [2.24, 2.45) is 17.6 Å². The largest absolute Gasteiger partial charge is 0.342 e. The van der Waals surface area contributed by atoms with Crippen LogP contribution in [0.3, 0.4) is 0 Å². The highest BCUT2D eigenvalue weighted by Gasteiger charge is 2.44. The minimum atomic E-state index is 0.216. The second-order valence-electron chi connectivity index (χ2n) is 7.21. The minimum Gasteiger partial charge on any atom is -0.342 e. The van der Waals surface area contributed by atoms with Gasteiger partial charge < -0.3 is 10.6 Å². The summed E-state index contributed by atoms with van der Waals surface area (Å²) in [6.07, 6.45) is 6.54. The first-order valence-corrected chi connectivity index (χ1v) is 8.86. The van der Waals surface area contributed by atoms with Crippen molar-refractivity contribution in [3.63, 3.8) is 0 Å². The van der Waals surface area contributed by atoms with Gasteiger partial charge in [-0.3, -0.25) is 14.4 Å². The molecule has 5 heterocycles. The Kier molecular flexibility index (Phi) is 4.07. The van der Waals surface area contributed by atoms with Crippen LogP contribution < -0.4 is 5.73 Å². The van der Waals surface area contributed by atoms with Crippen molar-refractivity contribution in [1.82, 2.24) is 24.8 Å². The van der Waals surface area contributed by atoms with Gasteiger partial charge in [-0.15, -0.1) is 5.10 Å². The van der Waals surface area contributed by atoms with E-state index < -0.39 is 0 Å². The van der Waals surface area contributed by atoms with Gasteiger partial charge in [0.25, 0.3) is 0 Å². The van der Waals surface area contributed by atoms with Gasteiger partial charge in [0, 0.05) is 38.4 Å². The van der Waals surface area contributed by atoms with Gasteiger partial charge in [-0.25, -0.2) is 0 Å². The smallest absolute Gasteiger partial charge is 0.227 e. The van der Waals surface area contributed by atoms with E-state index in [1.165, 1.54) is 12.8 Å². The van der Waals surface area contributed by atoms with Crippen LogP contribution in [-0.2, 0) is 17.9 Å². The third-order valence-corrected chi connectivity index (χ3v) is 5.81. The summed E-state index contributed by atoms with van der Waals surface area (Å²) in [4.78, 5) is 17.3. The normalized spacial score (nSPS) is 33.3. The predicted molar refractivity (Wildman–Crippen MR) is 85.3 cm³/mol. The van der Waals surface area contributed by atoms with Gasteiger partial charge >= 0.3 is 0 Å². The Morgan fingerprint density at radius 3 is 2.78 bits per heavy atom. The van der Waals surface area contributed by atoms with Crippen LogP contribution in [0.4, 0.5) is 0 Å². The molecule has 7 nitrogen and oxygen atoms in total. The van der Waals surface area contributed by atoms with E-state index in [1.54, 1.807) is 0 Å². The average Bonchev–Trinajstić information content (AvgIpc) is 3.26. The van der Waals surface area contributed by atoms with Crippen LogP contribution in [0, 0.1) is 11.8 Å². The molecule has 1 amide bonds. The second kappa shape index (κ2) is 6.20. The average molecular weight is 318 g/mol. The fourth-order valence-corrected chi connectivity index (χ4v) is 4.52. The topological polar surface area (TPSA) is 80.3 Å². The quantitative estimate of drug-likeness (QED) is 0.850. The first kappa shape index (κ1) is 15.1. The maximum absolute atomic E-state index is 12.8. The highest BCUT2D eigenvalue weighted by molar-refractivity contribution is 5.80. The molecule has 23 heavy (non-hydrogen) atoms. The van der Waals surface area contributed by atoms with Crippen LogP contribution in [0.5, 0.6) is 0 Å². The molecule has 5 rings (SSSR count). The lowest BCUT2D eigenvalue weighted by molar-refractivity contribution is -0.142. The van der Waals surface area contributed by atoms with Crippen LogP contribution in [0.15, 0.2) is 6.20 Å². The molecule has 4 aliphatic heterocycles. The Hall–Kier alpha value is -1.47. The van der Waals surface area contributed by atoms with Crippen LogP contribution in [0.25, 0.3) is 0 Å². The van der Waals surface area contributed by atoms with Gasteiger partial charge in [-0.1, -0.05) is 5.21 Å². The summed E-state index contributed by atoms with van der Waals surface area (Å²) in [5.74, 6) is 1.16. The van der Waals surface area contributed by atoms with Gasteiger partial charge in [0.2, 0.25) is 5.91 Å². The molecule has 0 aromatic carbocycles. The first-order valence-electron chi connectivity index (χ1n) is 8.86. The summed E-state index contributed by atoms with van der Waals surface area (Å²) in [5.41, 5.74) is 6.44. The van der Waals surface area contributed by atoms with E-state index in [-0.39, 0.29) is 5.92 Å². The number of carbonyl (C=O) groups excluding carboxylic acids is 1. The van der Waals surface area contributed by atoms with Crippen molar-refractivity contribution in [1.29, 1.82) is 0 Å². The Morgan fingerprint density at radius 2 is 2.13 bits per heavy atom. The van der Waals surface area contributed by atoms with E-state index in [0.29, 0.717) is 24.4 Å². The summed E-state index contributed by atoms with van der Waals surface area (Å²) >= 11 is 0. The Balaban J connectivity index is 1.40. The lowest BCUT2D eigenvalue weighted by Crippen LogP contribution is -2.58.